The lowest BCUT2D eigenvalue weighted by Gasteiger charge is -2.27. The molecule has 31 heavy (non-hydrogen) atoms. The first-order valence-electron chi connectivity index (χ1n) is 9.93. The number of nitrogens with one attached hydrogen (secondary N) is 1. The number of benzene rings is 2. The fraction of sp³-hybridized carbons (Fsp3) is 0.333. The second-order valence-corrected chi connectivity index (χ2v) is 9.13. The molecule has 1 N–H and O–H groups in total. The highest BCUT2D eigenvalue weighted by molar-refractivity contribution is 7.89. The average Bonchev–Trinajstić information content (AvgIpc) is 3.13. The third-order valence-corrected chi connectivity index (χ3v) is 7.30. The van der Waals surface area contributed by atoms with E-state index in [0.717, 1.165) is 0 Å². The van der Waals surface area contributed by atoms with E-state index in [-0.39, 0.29) is 24.5 Å². The fourth-order valence-corrected chi connectivity index (χ4v) is 5.26. The Morgan fingerprint density at radius 2 is 1.77 bits per heavy atom. The molecule has 2 heterocycles. The van der Waals surface area contributed by atoms with Gasteiger partial charge in [-0.25, -0.2) is 13.2 Å². The molecule has 2 aromatic carbocycles. The maximum Gasteiger partial charge on any atom is 0.420 e. The molecule has 1 aromatic heterocycles. The molecule has 164 valence electrons. The van der Waals surface area contributed by atoms with Crippen LogP contribution in [-0.2, 0) is 26.1 Å². The molecule has 1 aliphatic rings. The molecular formula is C21H23N3O6S. The van der Waals surface area contributed by atoms with Crippen molar-refractivity contribution in [1.29, 1.82) is 0 Å². The highest BCUT2D eigenvalue weighted by Crippen LogP contribution is 2.22. The number of oxazole rings is 1. The van der Waals surface area contributed by atoms with Gasteiger partial charge in [-0.15, -0.1) is 0 Å². The molecule has 1 saturated heterocycles. The van der Waals surface area contributed by atoms with Crippen molar-refractivity contribution in [3.8, 4) is 0 Å². The SMILES string of the molecule is CC(C(=O)NCc1ccccc1S(=O)(=O)N1CCOCC1)n1c(=O)oc2ccccc21. The second-order valence-electron chi connectivity index (χ2n) is 7.22. The van der Waals surface area contributed by atoms with E-state index < -0.39 is 27.7 Å². The largest absolute Gasteiger partial charge is 0.420 e. The van der Waals surface area contributed by atoms with Crippen LogP contribution in [0.5, 0.6) is 0 Å². The molecule has 10 heteroatoms. The number of carbonyl (C=O) groups excluding carboxylic acids is 1. The van der Waals surface area contributed by atoms with Crippen LogP contribution in [0, 0.1) is 0 Å². The first kappa shape index (κ1) is 21.3. The van der Waals surface area contributed by atoms with Crippen molar-refractivity contribution >= 4 is 27.0 Å². The van der Waals surface area contributed by atoms with Crippen molar-refractivity contribution < 1.29 is 22.4 Å². The van der Waals surface area contributed by atoms with Crippen LogP contribution in [-0.4, -0.2) is 49.5 Å². The van der Waals surface area contributed by atoms with Gasteiger partial charge in [0.2, 0.25) is 15.9 Å². The van der Waals surface area contributed by atoms with Gasteiger partial charge in [0.05, 0.1) is 23.6 Å². The average molecular weight is 445 g/mol. The fourth-order valence-electron chi connectivity index (χ4n) is 3.63. The number of amides is 1. The number of carbonyl (C=O) groups is 1. The van der Waals surface area contributed by atoms with Crippen molar-refractivity contribution in [3.63, 3.8) is 0 Å². The quantitative estimate of drug-likeness (QED) is 0.616. The van der Waals surface area contributed by atoms with Gasteiger partial charge in [0, 0.05) is 19.6 Å². The molecule has 1 unspecified atom stereocenters. The first-order chi connectivity index (χ1) is 14.9. The van der Waals surface area contributed by atoms with E-state index in [1.165, 1.54) is 14.9 Å². The van der Waals surface area contributed by atoms with E-state index in [1.54, 1.807) is 49.4 Å². The molecule has 1 amide bonds. The van der Waals surface area contributed by atoms with Crippen LogP contribution in [0.15, 0.2) is 62.6 Å². The van der Waals surface area contributed by atoms with E-state index in [4.69, 9.17) is 9.15 Å². The second kappa shape index (κ2) is 8.66. The molecule has 9 nitrogen and oxygen atoms in total. The Balaban J connectivity index is 1.54. The van der Waals surface area contributed by atoms with Gasteiger partial charge in [0.25, 0.3) is 0 Å². The third kappa shape index (κ3) is 4.14. The van der Waals surface area contributed by atoms with E-state index >= 15 is 0 Å². The van der Waals surface area contributed by atoms with Gasteiger partial charge in [-0.3, -0.25) is 9.36 Å². The summed E-state index contributed by atoms with van der Waals surface area (Å²) in [5.74, 6) is -1.05. The Labute approximate surface area is 179 Å². The molecule has 0 radical (unpaired) electrons. The van der Waals surface area contributed by atoms with Crippen LogP contribution in [0.4, 0.5) is 0 Å². The van der Waals surface area contributed by atoms with Crippen molar-refractivity contribution in [2.24, 2.45) is 0 Å². The highest BCUT2D eigenvalue weighted by Gasteiger charge is 2.28. The Morgan fingerprint density at radius 3 is 2.55 bits per heavy atom. The van der Waals surface area contributed by atoms with E-state index in [2.05, 4.69) is 5.32 Å². The number of aromatic nitrogens is 1. The summed E-state index contributed by atoms with van der Waals surface area (Å²) in [6, 6.07) is 12.6. The monoisotopic (exact) mass is 445 g/mol. The summed E-state index contributed by atoms with van der Waals surface area (Å²) in [6.07, 6.45) is 0. The smallest absolute Gasteiger partial charge is 0.408 e. The topological polar surface area (TPSA) is 111 Å². The van der Waals surface area contributed by atoms with E-state index in [0.29, 0.717) is 29.9 Å². The Morgan fingerprint density at radius 1 is 1.10 bits per heavy atom. The van der Waals surface area contributed by atoms with Crippen molar-refractivity contribution in [2.45, 2.75) is 24.4 Å². The summed E-state index contributed by atoms with van der Waals surface area (Å²) in [4.78, 5) is 25.2. The van der Waals surface area contributed by atoms with E-state index in [9.17, 15) is 18.0 Å². The van der Waals surface area contributed by atoms with Crippen LogP contribution < -0.4 is 11.1 Å². The summed E-state index contributed by atoms with van der Waals surface area (Å²) < 4.78 is 39.2. The maximum absolute atomic E-state index is 13.1. The zero-order chi connectivity index (χ0) is 22.0. The lowest BCUT2D eigenvalue weighted by atomic mass is 10.2. The highest BCUT2D eigenvalue weighted by atomic mass is 32.2. The molecule has 0 aliphatic carbocycles. The number of fused-ring (bicyclic) bond motifs is 1. The number of para-hydroxylation sites is 2. The van der Waals surface area contributed by atoms with Gasteiger partial charge in [-0.2, -0.15) is 4.31 Å². The predicted octanol–water partition coefficient (Wildman–Crippen LogP) is 1.49. The van der Waals surface area contributed by atoms with Crippen molar-refractivity contribution in [3.05, 3.63) is 64.6 Å². The summed E-state index contributed by atoms with van der Waals surface area (Å²) in [5.41, 5.74) is 1.39. The number of sulfonamides is 1. The molecular weight excluding hydrogens is 422 g/mol. The number of ether oxygens (including phenoxy) is 1. The number of hydrogen-bond donors (Lipinski definition) is 1. The first-order valence-corrected chi connectivity index (χ1v) is 11.4. The molecule has 1 atom stereocenters. The van der Waals surface area contributed by atoms with E-state index in [1.807, 2.05) is 0 Å². The standard InChI is InChI=1S/C21H23N3O6S/c1-15(24-17-7-3-4-8-18(17)30-21(24)26)20(25)22-14-16-6-2-5-9-19(16)31(27,28)23-10-12-29-13-11-23/h2-9,15H,10-14H2,1H3,(H,22,25). The van der Waals surface area contributed by atoms with Gasteiger partial charge in [-0.05, 0) is 30.7 Å². The van der Waals surface area contributed by atoms with Crippen LogP contribution in [0.25, 0.3) is 11.1 Å². The zero-order valence-electron chi connectivity index (χ0n) is 17.0. The van der Waals surface area contributed by atoms with Crippen LogP contribution >= 0.6 is 0 Å². The number of rotatable bonds is 6. The van der Waals surface area contributed by atoms with Gasteiger partial charge in [0.1, 0.15) is 6.04 Å². The van der Waals surface area contributed by atoms with Crippen LogP contribution in [0.3, 0.4) is 0 Å². The minimum atomic E-state index is -3.71. The summed E-state index contributed by atoms with van der Waals surface area (Å²) in [7, 11) is -3.71. The van der Waals surface area contributed by atoms with Crippen molar-refractivity contribution in [2.75, 3.05) is 26.3 Å². The van der Waals surface area contributed by atoms with Crippen LogP contribution in [0.1, 0.15) is 18.5 Å². The predicted molar refractivity (Wildman–Crippen MR) is 113 cm³/mol. The Hall–Kier alpha value is -2.95. The van der Waals surface area contributed by atoms with Crippen LogP contribution in [0.2, 0.25) is 0 Å². The Bertz CT molecular complexity index is 1260. The molecule has 1 fully saturated rings. The number of nitrogens with zero attached hydrogens (tertiary/aromatic N) is 2. The summed E-state index contributed by atoms with van der Waals surface area (Å²) in [5, 5.41) is 2.75. The molecule has 1 aliphatic heterocycles. The molecule has 3 aromatic rings. The zero-order valence-corrected chi connectivity index (χ0v) is 17.8. The van der Waals surface area contributed by atoms with Gasteiger partial charge >= 0.3 is 5.76 Å². The minimum absolute atomic E-state index is 0.00739. The molecule has 0 saturated carbocycles. The molecule has 0 bridgehead atoms. The minimum Gasteiger partial charge on any atom is -0.408 e. The third-order valence-electron chi connectivity index (χ3n) is 5.30. The number of hydrogen-bond acceptors (Lipinski definition) is 6. The Kier molecular flexibility index (Phi) is 5.94. The lowest BCUT2D eigenvalue weighted by molar-refractivity contribution is -0.124. The van der Waals surface area contributed by atoms with Gasteiger partial charge < -0.3 is 14.5 Å². The van der Waals surface area contributed by atoms with Crippen molar-refractivity contribution in [1.82, 2.24) is 14.2 Å². The normalized spacial score (nSPS) is 16.3. The molecule has 4 rings (SSSR count). The number of morpholine rings is 1. The van der Waals surface area contributed by atoms with Gasteiger partial charge in [-0.1, -0.05) is 30.3 Å². The van der Waals surface area contributed by atoms with Gasteiger partial charge in [0.15, 0.2) is 5.58 Å². The molecule has 0 spiro atoms. The maximum atomic E-state index is 13.1. The lowest BCUT2D eigenvalue weighted by Crippen LogP contribution is -2.41. The summed E-state index contributed by atoms with van der Waals surface area (Å²) in [6.45, 7) is 2.88. The summed E-state index contributed by atoms with van der Waals surface area (Å²) >= 11 is 0.